The number of rotatable bonds is 6. The minimum Gasteiger partial charge on any atom is -0.357 e. The van der Waals surface area contributed by atoms with Crippen molar-refractivity contribution >= 4 is 33.2 Å². The van der Waals surface area contributed by atoms with E-state index in [9.17, 15) is 0 Å². The summed E-state index contributed by atoms with van der Waals surface area (Å²) in [6.07, 6.45) is 2.97. The van der Waals surface area contributed by atoms with Crippen LogP contribution < -0.4 is 10.6 Å². The van der Waals surface area contributed by atoms with E-state index in [2.05, 4.69) is 69.4 Å². The number of hydrogen-bond acceptors (Lipinski definition) is 3. The molecule has 6 heteroatoms. The van der Waals surface area contributed by atoms with Crippen LogP contribution in [0.25, 0.3) is 0 Å². The van der Waals surface area contributed by atoms with Crippen LogP contribution in [0.5, 0.6) is 0 Å². The van der Waals surface area contributed by atoms with Crippen molar-refractivity contribution in [2.45, 2.75) is 39.8 Å². The number of nitrogens with zero attached hydrogens (tertiary/aromatic N) is 2. The van der Waals surface area contributed by atoms with Crippen LogP contribution in [0.2, 0.25) is 0 Å². The first-order chi connectivity index (χ1) is 11.1. The number of benzene rings is 1. The summed E-state index contributed by atoms with van der Waals surface area (Å²) in [5.74, 6) is 0.809. The third-order valence-corrected chi connectivity index (χ3v) is 5.24. The van der Waals surface area contributed by atoms with Crippen LogP contribution in [0, 0.1) is 0 Å². The Kier molecular flexibility index (Phi) is 7.05. The molecular formula is C17H23BrN4S. The number of thiazole rings is 1. The number of aliphatic imine (C=N–C) groups is 1. The highest BCUT2D eigenvalue weighted by Crippen LogP contribution is 2.22. The largest absolute Gasteiger partial charge is 0.357 e. The van der Waals surface area contributed by atoms with Crippen LogP contribution in [-0.4, -0.2) is 17.5 Å². The number of aryl methyl sites for hydroxylation is 1. The first-order valence-electron chi connectivity index (χ1n) is 7.86. The van der Waals surface area contributed by atoms with Crippen LogP contribution >= 0.6 is 27.3 Å². The third kappa shape index (κ3) is 5.32. The molecule has 0 spiro atoms. The van der Waals surface area contributed by atoms with Gasteiger partial charge in [0, 0.05) is 22.1 Å². The zero-order chi connectivity index (χ0) is 16.7. The van der Waals surface area contributed by atoms with Crippen molar-refractivity contribution in [2.24, 2.45) is 4.99 Å². The number of guanidine groups is 1. The predicted molar refractivity (Wildman–Crippen MR) is 102 cm³/mol. The second kappa shape index (κ2) is 9.03. The first kappa shape index (κ1) is 17.9. The lowest BCUT2D eigenvalue weighted by molar-refractivity contribution is 0.683. The van der Waals surface area contributed by atoms with Gasteiger partial charge in [-0.2, -0.15) is 0 Å². The summed E-state index contributed by atoms with van der Waals surface area (Å²) in [7, 11) is 0. The summed E-state index contributed by atoms with van der Waals surface area (Å²) >= 11 is 5.33. The summed E-state index contributed by atoms with van der Waals surface area (Å²) < 4.78 is 1.10. The quantitative estimate of drug-likeness (QED) is 0.567. The van der Waals surface area contributed by atoms with E-state index < -0.39 is 0 Å². The van der Waals surface area contributed by atoms with Gasteiger partial charge in [-0.15, -0.1) is 11.3 Å². The highest BCUT2D eigenvalue weighted by molar-refractivity contribution is 9.10. The Balaban J connectivity index is 2.05. The molecule has 0 aliphatic rings. The minimum absolute atomic E-state index is 0.158. The molecule has 0 radical (unpaired) electrons. The molecule has 0 aliphatic carbocycles. The van der Waals surface area contributed by atoms with Gasteiger partial charge in [0.1, 0.15) is 5.01 Å². The third-order valence-electron chi connectivity index (χ3n) is 3.39. The van der Waals surface area contributed by atoms with Crippen molar-refractivity contribution < 1.29 is 0 Å². The lowest BCUT2D eigenvalue weighted by Gasteiger charge is -2.19. The molecule has 1 aromatic heterocycles. The molecule has 2 N–H and O–H groups in total. The Labute approximate surface area is 150 Å². The van der Waals surface area contributed by atoms with Gasteiger partial charge >= 0.3 is 0 Å². The molecular weight excluding hydrogens is 372 g/mol. The van der Waals surface area contributed by atoms with E-state index >= 15 is 0 Å². The molecule has 0 aliphatic heterocycles. The Morgan fingerprint density at radius 1 is 1.35 bits per heavy atom. The van der Waals surface area contributed by atoms with Crippen molar-refractivity contribution in [3.05, 3.63) is 50.4 Å². The van der Waals surface area contributed by atoms with Crippen LogP contribution in [0.1, 0.15) is 42.3 Å². The molecule has 1 heterocycles. The lowest BCUT2D eigenvalue weighted by atomic mass is 10.1. The Hall–Kier alpha value is -1.40. The van der Waals surface area contributed by atoms with Gasteiger partial charge in [-0.25, -0.2) is 9.98 Å². The molecule has 1 atom stereocenters. The normalized spacial score (nSPS) is 13.0. The molecule has 124 valence electrons. The number of halogens is 1. The average Bonchev–Trinajstić information content (AvgIpc) is 3.01. The maximum atomic E-state index is 4.65. The molecule has 0 saturated carbocycles. The van der Waals surface area contributed by atoms with Crippen LogP contribution in [-0.2, 0) is 13.0 Å². The van der Waals surface area contributed by atoms with E-state index in [-0.39, 0.29) is 6.04 Å². The maximum absolute atomic E-state index is 4.65. The van der Waals surface area contributed by atoms with Gasteiger partial charge in [0.05, 0.1) is 12.6 Å². The van der Waals surface area contributed by atoms with Crippen molar-refractivity contribution in [2.75, 3.05) is 6.54 Å². The number of hydrogen-bond donors (Lipinski definition) is 2. The second-order valence-corrected chi connectivity index (χ2v) is 7.21. The van der Waals surface area contributed by atoms with Gasteiger partial charge in [0.25, 0.3) is 0 Å². The van der Waals surface area contributed by atoms with Gasteiger partial charge < -0.3 is 10.6 Å². The zero-order valence-electron chi connectivity index (χ0n) is 13.8. The van der Waals surface area contributed by atoms with Crippen molar-refractivity contribution in [1.82, 2.24) is 15.6 Å². The van der Waals surface area contributed by atoms with Gasteiger partial charge in [-0.05, 0) is 31.9 Å². The standard InChI is InChI=1S/C17H23BrN4S/c1-4-13-10-20-16(23-13)11-21-17(19-5-2)22-12(3)14-8-6-7-9-15(14)18/h6-10,12H,4-5,11H2,1-3H3,(H2,19,21,22). The molecule has 0 amide bonds. The number of aromatic nitrogens is 1. The van der Waals surface area contributed by atoms with E-state index in [0.717, 1.165) is 28.4 Å². The van der Waals surface area contributed by atoms with E-state index in [1.54, 1.807) is 11.3 Å². The summed E-state index contributed by atoms with van der Waals surface area (Å²) in [6, 6.07) is 8.39. The van der Waals surface area contributed by atoms with Crippen molar-refractivity contribution in [3.8, 4) is 0 Å². The Morgan fingerprint density at radius 2 is 2.13 bits per heavy atom. The van der Waals surface area contributed by atoms with E-state index in [0.29, 0.717) is 6.54 Å². The zero-order valence-corrected chi connectivity index (χ0v) is 16.2. The van der Waals surface area contributed by atoms with Crippen molar-refractivity contribution in [1.29, 1.82) is 0 Å². The molecule has 23 heavy (non-hydrogen) atoms. The predicted octanol–water partition coefficient (Wildman–Crippen LogP) is 4.28. The second-order valence-electron chi connectivity index (χ2n) is 5.16. The summed E-state index contributed by atoms with van der Waals surface area (Å²) in [5, 5.41) is 7.79. The molecule has 1 aromatic carbocycles. The fraction of sp³-hybridized carbons (Fsp3) is 0.412. The van der Waals surface area contributed by atoms with Crippen molar-refractivity contribution in [3.63, 3.8) is 0 Å². The molecule has 0 bridgehead atoms. The summed E-state index contributed by atoms with van der Waals surface area (Å²) in [4.78, 5) is 10.4. The molecule has 2 rings (SSSR count). The number of nitrogens with one attached hydrogen (secondary N) is 2. The lowest BCUT2D eigenvalue weighted by Crippen LogP contribution is -2.38. The highest BCUT2D eigenvalue weighted by atomic mass is 79.9. The van der Waals surface area contributed by atoms with E-state index in [4.69, 9.17) is 0 Å². The fourth-order valence-corrected chi connectivity index (χ4v) is 3.58. The minimum atomic E-state index is 0.158. The first-order valence-corrected chi connectivity index (χ1v) is 9.47. The summed E-state index contributed by atoms with van der Waals surface area (Å²) in [6.45, 7) is 7.77. The monoisotopic (exact) mass is 394 g/mol. The maximum Gasteiger partial charge on any atom is 0.192 e. The van der Waals surface area contributed by atoms with Gasteiger partial charge in [0.2, 0.25) is 0 Å². The van der Waals surface area contributed by atoms with E-state index in [1.165, 1.54) is 10.4 Å². The van der Waals surface area contributed by atoms with Crippen LogP contribution in [0.3, 0.4) is 0 Å². The molecule has 4 nitrogen and oxygen atoms in total. The summed E-state index contributed by atoms with van der Waals surface area (Å²) in [5.41, 5.74) is 1.21. The van der Waals surface area contributed by atoms with Gasteiger partial charge in [-0.3, -0.25) is 0 Å². The van der Waals surface area contributed by atoms with Crippen LogP contribution in [0.15, 0.2) is 39.9 Å². The van der Waals surface area contributed by atoms with Gasteiger partial charge in [0.15, 0.2) is 5.96 Å². The fourth-order valence-electron chi connectivity index (χ4n) is 2.16. The smallest absolute Gasteiger partial charge is 0.192 e. The van der Waals surface area contributed by atoms with Gasteiger partial charge in [-0.1, -0.05) is 41.1 Å². The molecule has 2 aromatic rings. The van der Waals surface area contributed by atoms with Crippen LogP contribution in [0.4, 0.5) is 0 Å². The topological polar surface area (TPSA) is 49.3 Å². The van der Waals surface area contributed by atoms with E-state index in [1.807, 2.05) is 18.3 Å². The average molecular weight is 395 g/mol. The molecule has 0 fully saturated rings. The molecule has 0 saturated heterocycles. The Bertz CT molecular complexity index is 654. The molecule has 1 unspecified atom stereocenters. The Morgan fingerprint density at radius 3 is 2.78 bits per heavy atom. The highest BCUT2D eigenvalue weighted by Gasteiger charge is 2.10. The SMILES string of the molecule is CCNC(=NCc1ncc(CC)s1)NC(C)c1ccccc1Br.